The van der Waals surface area contributed by atoms with Crippen molar-refractivity contribution >= 4 is 28.4 Å². The highest BCUT2D eigenvalue weighted by atomic mass is 35.5. The minimum absolute atomic E-state index is 0.00913. The molecule has 156 valence electrons. The van der Waals surface area contributed by atoms with E-state index in [4.69, 9.17) is 20.8 Å². The lowest BCUT2D eigenvalue weighted by Gasteiger charge is -2.17. The molecule has 0 saturated carbocycles. The van der Waals surface area contributed by atoms with Gasteiger partial charge in [0.05, 0.1) is 5.39 Å². The fourth-order valence-electron chi connectivity index (χ4n) is 3.40. The van der Waals surface area contributed by atoms with E-state index in [1.807, 2.05) is 26.0 Å². The molecule has 0 unspecified atom stereocenters. The number of ether oxygens (including phenoxy) is 1. The minimum atomic E-state index is -0.875. The molecule has 0 amide bonds. The number of fused-ring (bicyclic) bond motifs is 1. The molecular formula is C26H21ClO4. The molecule has 1 aromatic heterocycles. The van der Waals surface area contributed by atoms with Crippen LogP contribution in [0.15, 0.2) is 75.9 Å². The van der Waals surface area contributed by atoms with Crippen LogP contribution in [0.25, 0.3) is 22.3 Å². The molecule has 4 aromatic rings. The summed E-state index contributed by atoms with van der Waals surface area (Å²) < 4.78 is 12.1. The molecule has 0 aliphatic heterocycles. The van der Waals surface area contributed by atoms with E-state index in [9.17, 15) is 9.59 Å². The number of Topliss-reactive ketones (excluding diaryl/α,β-unsaturated/α-hetero) is 1. The predicted octanol–water partition coefficient (Wildman–Crippen LogP) is 6.38. The van der Waals surface area contributed by atoms with E-state index >= 15 is 0 Å². The first-order valence-corrected chi connectivity index (χ1v) is 10.3. The summed E-state index contributed by atoms with van der Waals surface area (Å²) in [5, 5.41) is 0.976. The lowest BCUT2D eigenvalue weighted by atomic mass is 10.0. The molecule has 0 aliphatic rings. The SMILES string of the molecule is Cc1cc2oc(-c3ccc(Cl)cc3)c(O[C@H](C)C(=O)c3ccccc3)c(=O)c2cc1C. The number of ketones is 1. The second kappa shape index (κ2) is 8.40. The van der Waals surface area contributed by atoms with Crippen LogP contribution >= 0.6 is 11.6 Å². The van der Waals surface area contributed by atoms with Gasteiger partial charge in [-0.2, -0.15) is 0 Å². The van der Waals surface area contributed by atoms with Gasteiger partial charge in [-0.1, -0.05) is 41.9 Å². The van der Waals surface area contributed by atoms with E-state index in [2.05, 4.69) is 0 Å². The van der Waals surface area contributed by atoms with Crippen LogP contribution < -0.4 is 10.2 Å². The number of aryl methyl sites for hydroxylation is 2. The highest BCUT2D eigenvalue weighted by molar-refractivity contribution is 6.30. The Labute approximate surface area is 185 Å². The monoisotopic (exact) mass is 432 g/mol. The third-order valence-corrected chi connectivity index (χ3v) is 5.55. The predicted molar refractivity (Wildman–Crippen MR) is 123 cm³/mol. The third kappa shape index (κ3) is 4.12. The smallest absolute Gasteiger partial charge is 0.235 e. The molecule has 4 rings (SSSR count). The number of hydrogen-bond donors (Lipinski definition) is 0. The Kier molecular flexibility index (Phi) is 5.66. The molecule has 0 aliphatic carbocycles. The summed E-state index contributed by atoms with van der Waals surface area (Å²) in [7, 11) is 0. The van der Waals surface area contributed by atoms with Crippen LogP contribution in [0.5, 0.6) is 5.75 Å². The highest BCUT2D eigenvalue weighted by Gasteiger charge is 2.24. The van der Waals surface area contributed by atoms with Crippen LogP contribution in [0.1, 0.15) is 28.4 Å². The number of halogens is 1. The fourth-order valence-corrected chi connectivity index (χ4v) is 3.53. The van der Waals surface area contributed by atoms with Gasteiger partial charge in [-0.15, -0.1) is 0 Å². The molecule has 0 fully saturated rings. The Bertz CT molecular complexity index is 1320. The summed E-state index contributed by atoms with van der Waals surface area (Å²) in [6.07, 6.45) is -0.875. The second-order valence-corrected chi connectivity index (χ2v) is 7.96. The average molecular weight is 433 g/mol. The van der Waals surface area contributed by atoms with Gasteiger partial charge < -0.3 is 9.15 Å². The quantitative estimate of drug-likeness (QED) is 0.343. The van der Waals surface area contributed by atoms with E-state index in [0.29, 0.717) is 27.1 Å². The molecule has 1 heterocycles. The van der Waals surface area contributed by atoms with E-state index in [1.165, 1.54) is 0 Å². The van der Waals surface area contributed by atoms with Gasteiger partial charge >= 0.3 is 0 Å². The summed E-state index contributed by atoms with van der Waals surface area (Å²) in [6, 6.07) is 19.4. The van der Waals surface area contributed by atoms with Crippen molar-refractivity contribution in [1.29, 1.82) is 0 Å². The van der Waals surface area contributed by atoms with Crippen LogP contribution in [0.4, 0.5) is 0 Å². The van der Waals surface area contributed by atoms with Crippen molar-refractivity contribution in [3.63, 3.8) is 0 Å². The number of hydrogen-bond acceptors (Lipinski definition) is 4. The fraction of sp³-hybridized carbons (Fsp3) is 0.154. The molecule has 5 heteroatoms. The van der Waals surface area contributed by atoms with Gasteiger partial charge in [0.25, 0.3) is 0 Å². The number of carbonyl (C=O) groups is 1. The molecule has 0 saturated heterocycles. The second-order valence-electron chi connectivity index (χ2n) is 7.52. The van der Waals surface area contributed by atoms with Crippen LogP contribution in [0, 0.1) is 13.8 Å². The van der Waals surface area contributed by atoms with Crippen molar-refractivity contribution in [1.82, 2.24) is 0 Å². The molecule has 0 bridgehead atoms. The first kappa shape index (κ1) is 20.9. The average Bonchev–Trinajstić information content (AvgIpc) is 2.77. The van der Waals surface area contributed by atoms with E-state index in [1.54, 1.807) is 61.5 Å². The summed E-state index contributed by atoms with van der Waals surface area (Å²) in [5.74, 6) is 0.0576. The summed E-state index contributed by atoms with van der Waals surface area (Å²) in [4.78, 5) is 26.3. The highest BCUT2D eigenvalue weighted by Crippen LogP contribution is 2.33. The third-order valence-electron chi connectivity index (χ3n) is 5.29. The molecule has 0 radical (unpaired) electrons. The number of carbonyl (C=O) groups excluding carboxylic acids is 1. The maximum absolute atomic E-state index is 13.4. The Balaban J connectivity index is 1.87. The van der Waals surface area contributed by atoms with E-state index in [0.717, 1.165) is 11.1 Å². The Hall–Kier alpha value is -3.37. The lowest BCUT2D eigenvalue weighted by Crippen LogP contribution is -2.26. The summed E-state index contributed by atoms with van der Waals surface area (Å²) >= 11 is 6.03. The molecule has 31 heavy (non-hydrogen) atoms. The van der Waals surface area contributed by atoms with Crippen molar-refractivity contribution in [2.45, 2.75) is 26.9 Å². The summed E-state index contributed by atoms with van der Waals surface area (Å²) in [5.41, 5.74) is 3.28. The van der Waals surface area contributed by atoms with Crippen LogP contribution in [-0.4, -0.2) is 11.9 Å². The normalized spacial score (nSPS) is 12.0. The zero-order chi connectivity index (χ0) is 22.1. The van der Waals surface area contributed by atoms with E-state index < -0.39 is 6.10 Å². The van der Waals surface area contributed by atoms with E-state index in [-0.39, 0.29) is 22.7 Å². The molecule has 3 aromatic carbocycles. The van der Waals surface area contributed by atoms with Gasteiger partial charge in [0, 0.05) is 16.1 Å². The van der Waals surface area contributed by atoms with Crippen molar-refractivity contribution in [2.75, 3.05) is 0 Å². The van der Waals surface area contributed by atoms with Crippen LogP contribution in [0.2, 0.25) is 5.02 Å². The van der Waals surface area contributed by atoms with Crippen molar-refractivity contribution in [2.24, 2.45) is 0 Å². The molecule has 0 N–H and O–H groups in total. The van der Waals surface area contributed by atoms with Crippen molar-refractivity contribution < 1.29 is 13.9 Å². The Morgan fingerprint density at radius 3 is 2.29 bits per heavy atom. The molecule has 0 spiro atoms. The molecular weight excluding hydrogens is 412 g/mol. The van der Waals surface area contributed by atoms with Crippen molar-refractivity contribution in [3.05, 3.63) is 98.7 Å². The van der Waals surface area contributed by atoms with Gasteiger partial charge in [0.1, 0.15) is 5.58 Å². The maximum atomic E-state index is 13.4. The Morgan fingerprint density at radius 2 is 1.61 bits per heavy atom. The number of rotatable bonds is 5. The zero-order valence-corrected chi connectivity index (χ0v) is 18.2. The van der Waals surface area contributed by atoms with Gasteiger partial charge in [-0.25, -0.2) is 0 Å². The maximum Gasteiger partial charge on any atom is 0.235 e. The van der Waals surface area contributed by atoms with Crippen LogP contribution in [0.3, 0.4) is 0 Å². The van der Waals surface area contributed by atoms with Crippen LogP contribution in [-0.2, 0) is 0 Å². The topological polar surface area (TPSA) is 56.5 Å². The number of benzene rings is 3. The van der Waals surface area contributed by atoms with Gasteiger partial charge in [0.15, 0.2) is 11.9 Å². The minimum Gasteiger partial charge on any atom is -0.475 e. The van der Waals surface area contributed by atoms with Gasteiger partial charge in [-0.05, 0) is 68.3 Å². The zero-order valence-electron chi connectivity index (χ0n) is 17.4. The Morgan fingerprint density at radius 1 is 0.968 bits per heavy atom. The largest absolute Gasteiger partial charge is 0.475 e. The molecule has 1 atom stereocenters. The summed E-state index contributed by atoms with van der Waals surface area (Å²) in [6.45, 7) is 5.52. The molecule has 4 nitrogen and oxygen atoms in total. The van der Waals surface area contributed by atoms with Gasteiger partial charge in [0.2, 0.25) is 17.0 Å². The first-order chi connectivity index (χ1) is 14.8. The standard InChI is InChI=1S/C26H21ClO4/c1-15-13-21-22(14-16(15)2)31-25(19-9-11-20(27)12-10-19)26(24(21)29)30-17(3)23(28)18-7-5-4-6-8-18/h4-14,17H,1-3H3/t17-/m1/s1. The van der Waals surface area contributed by atoms with Crippen molar-refractivity contribution in [3.8, 4) is 17.1 Å². The first-order valence-electron chi connectivity index (χ1n) is 9.95. The van der Waals surface area contributed by atoms with Gasteiger partial charge in [-0.3, -0.25) is 9.59 Å². The lowest BCUT2D eigenvalue weighted by molar-refractivity contribution is 0.0815.